The molecule has 0 amide bonds. The quantitative estimate of drug-likeness (QED) is 0.541. The van der Waals surface area contributed by atoms with E-state index in [9.17, 15) is 26.4 Å². The summed E-state index contributed by atoms with van der Waals surface area (Å²) in [5.41, 5.74) is -0.879. The minimum absolute atomic E-state index is 0.0109. The van der Waals surface area contributed by atoms with E-state index in [-0.39, 0.29) is 10.6 Å². The maximum atomic E-state index is 12.5. The summed E-state index contributed by atoms with van der Waals surface area (Å²) in [5, 5.41) is -0.705. The van der Waals surface area contributed by atoms with Crippen LogP contribution in [0.1, 0.15) is 18.9 Å². The van der Waals surface area contributed by atoms with Gasteiger partial charge in [0.2, 0.25) is 0 Å². The van der Waals surface area contributed by atoms with E-state index in [2.05, 4.69) is 0 Å². The number of ether oxygens (including phenoxy) is 1. The third-order valence-corrected chi connectivity index (χ3v) is 5.95. The fraction of sp³-hybridized carbons (Fsp3) is 0.235. The summed E-state index contributed by atoms with van der Waals surface area (Å²) in [7, 11) is -3.78. The van der Waals surface area contributed by atoms with Crippen LogP contribution in [0.2, 0.25) is 5.02 Å². The van der Waals surface area contributed by atoms with E-state index in [1.165, 1.54) is 31.2 Å². The van der Waals surface area contributed by atoms with Crippen LogP contribution in [0.25, 0.3) is 0 Å². The fourth-order valence-electron chi connectivity index (χ4n) is 2.09. The lowest BCUT2D eigenvalue weighted by Crippen LogP contribution is -2.24. The lowest BCUT2D eigenvalue weighted by molar-refractivity contribution is -0.137. The molecule has 2 rings (SSSR count). The lowest BCUT2D eigenvalue weighted by Gasteiger charge is -2.13. The number of carbonyl (C=O) groups excluding carboxylic acids is 1. The first-order valence-corrected chi connectivity index (χ1v) is 9.30. The summed E-state index contributed by atoms with van der Waals surface area (Å²) in [4.78, 5) is 11.9. The van der Waals surface area contributed by atoms with Crippen LogP contribution in [0.15, 0.2) is 53.4 Å². The standard InChI is InChI=1S/C17H14ClF3O4S/c1-11(26(23,24)15-8-4-13(18)5-9-15)10-16(22)25-14-6-2-12(3-7-14)17(19,20)21/h2-9,11H,10H2,1H3. The predicted octanol–water partition coefficient (Wildman–Crippen LogP) is 4.52. The van der Waals surface area contributed by atoms with Crippen LogP contribution in [-0.2, 0) is 20.8 Å². The second kappa shape index (κ2) is 7.67. The van der Waals surface area contributed by atoms with Crippen LogP contribution >= 0.6 is 11.6 Å². The molecule has 0 aliphatic rings. The Morgan fingerprint density at radius 2 is 1.62 bits per heavy atom. The molecule has 2 aromatic carbocycles. The highest BCUT2D eigenvalue weighted by molar-refractivity contribution is 7.92. The predicted molar refractivity (Wildman–Crippen MR) is 89.8 cm³/mol. The summed E-state index contributed by atoms with van der Waals surface area (Å²) in [6.07, 6.45) is -4.95. The van der Waals surface area contributed by atoms with Gasteiger partial charge in [0, 0.05) is 5.02 Å². The Bertz CT molecular complexity index is 876. The average Bonchev–Trinajstić information content (AvgIpc) is 2.54. The second-order valence-electron chi connectivity index (χ2n) is 5.51. The van der Waals surface area contributed by atoms with Crippen LogP contribution in [0.5, 0.6) is 5.75 Å². The maximum absolute atomic E-state index is 12.5. The Hall–Kier alpha value is -2.06. The first kappa shape index (κ1) is 20.3. The van der Waals surface area contributed by atoms with Crippen LogP contribution < -0.4 is 4.74 Å². The topological polar surface area (TPSA) is 60.4 Å². The Morgan fingerprint density at radius 3 is 2.12 bits per heavy atom. The zero-order chi connectivity index (χ0) is 19.5. The number of esters is 1. The van der Waals surface area contributed by atoms with Crippen LogP contribution in [0.4, 0.5) is 13.2 Å². The van der Waals surface area contributed by atoms with E-state index in [1.54, 1.807) is 0 Å². The number of benzene rings is 2. The molecule has 9 heteroatoms. The molecule has 0 heterocycles. The Labute approximate surface area is 153 Å². The molecule has 2 aromatic rings. The summed E-state index contributed by atoms with van der Waals surface area (Å²) in [5.74, 6) is -0.964. The highest BCUT2D eigenvalue weighted by Crippen LogP contribution is 2.30. The number of rotatable bonds is 5. The second-order valence-corrected chi connectivity index (χ2v) is 8.31. The summed E-state index contributed by atoms with van der Waals surface area (Å²) in [6, 6.07) is 9.04. The molecule has 0 radical (unpaired) electrons. The van der Waals surface area contributed by atoms with E-state index in [1.807, 2.05) is 0 Å². The van der Waals surface area contributed by atoms with Crippen molar-refractivity contribution >= 4 is 27.4 Å². The van der Waals surface area contributed by atoms with Crippen molar-refractivity contribution in [2.75, 3.05) is 0 Å². The van der Waals surface area contributed by atoms with Crippen molar-refractivity contribution in [2.45, 2.75) is 29.7 Å². The molecule has 4 nitrogen and oxygen atoms in total. The van der Waals surface area contributed by atoms with Crippen LogP contribution in [-0.4, -0.2) is 19.6 Å². The summed E-state index contributed by atoms with van der Waals surface area (Å²) < 4.78 is 67.2. The zero-order valence-electron chi connectivity index (χ0n) is 13.5. The van der Waals surface area contributed by atoms with Gasteiger partial charge in [0.25, 0.3) is 0 Å². The van der Waals surface area contributed by atoms with E-state index < -0.39 is 39.2 Å². The summed E-state index contributed by atoms with van der Waals surface area (Å²) >= 11 is 5.72. The Kier molecular flexibility index (Phi) is 5.98. The normalized spacial score (nSPS) is 13.3. The van der Waals surface area contributed by atoms with Gasteiger partial charge in [-0.3, -0.25) is 4.79 Å². The van der Waals surface area contributed by atoms with Gasteiger partial charge in [-0.05, 0) is 55.5 Å². The van der Waals surface area contributed by atoms with Crippen molar-refractivity contribution < 1.29 is 31.1 Å². The van der Waals surface area contributed by atoms with E-state index in [4.69, 9.17) is 16.3 Å². The highest BCUT2D eigenvalue weighted by atomic mass is 35.5. The smallest absolute Gasteiger partial charge is 0.416 e. The number of carbonyl (C=O) groups is 1. The minimum atomic E-state index is -4.50. The third kappa shape index (κ3) is 4.98. The Morgan fingerprint density at radius 1 is 1.08 bits per heavy atom. The molecule has 26 heavy (non-hydrogen) atoms. The molecule has 0 aliphatic heterocycles. The maximum Gasteiger partial charge on any atom is 0.416 e. The van der Waals surface area contributed by atoms with Crippen molar-refractivity contribution in [3.63, 3.8) is 0 Å². The van der Waals surface area contributed by atoms with Gasteiger partial charge in [-0.25, -0.2) is 8.42 Å². The number of halogens is 4. The molecule has 0 saturated carbocycles. The molecule has 0 saturated heterocycles. The zero-order valence-corrected chi connectivity index (χ0v) is 15.0. The summed E-state index contributed by atoms with van der Waals surface area (Å²) in [6.45, 7) is 1.35. The molecule has 0 bridgehead atoms. The largest absolute Gasteiger partial charge is 0.426 e. The number of hydrogen-bond acceptors (Lipinski definition) is 4. The van der Waals surface area contributed by atoms with Crippen molar-refractivity contribution in [1.29, 1.82) is 0 Å². The van der Waals surface area contributed by atoms with Crippen molar-refractivity contribution in [3.05, 3.63) is 59.1 Å². The van der Waals surface area contributed by atoms with E-state index in [0.29, 0.717) is 5.02 Å². The van der Waals surface area contributed by atoms with Gasteiger partial charge >= 0.3 is 12.1 Å². The van der Waals surface area contributed by atoms with Gasteiger partial charge in [-0.15, -0.1) is 0 Å². The SMILES string of the molecule is CC(CC(=O)Oc1ccc(C(F)(F)F)cc1)S(=O)(=O)c1ccc(Cl)cc1. The monoisotopic (exact) mass is 406 g/mol. The van der Waals surface area contributed by atoms with Gasteiger partial charge in [0.05, 0.1) is 22.1 Å². The first-order chi connectivity index (χ1) is 12.0. The van der Waals surface area contributed by atoms with Gasteiger partial charge in [0.1, 0.15) is 5.75 Å². The fourth-order valence-corrected chi connectivity index (χ4v) is 3.55. The molecule has 0 aromatic heterocycles. The van der Waals surface area contributed by atoms with Gasteiger partial charge in [-0.1, -0.05) is 11.6 Å². The van der Waals surface area contributed by atoms with Gasteiger partial charge < -0.3 is 4.74 Å². The lowest BCUT2D eigenvalue weighted by atomic mass is 10.2. The third-order valence-electron chi connectivity index (χ3n) is 3.54. The molecule has 140 valence electrons. The van der Waals surface area contributed by atoms with Gasteiger partial charge in [-0.2, -0.15) is 13.2 Å². The van der Waals surface area contributed by atoms with Crippen LogP contribution in [0.3, 0.4) is 0 Å². The molecular weight excluding hydrogens is 393 g/mol. The van der Waals surface area contributed by atoms with Crippen molar-refractivity contribution in [3.8, 4) is 5.75 Å². The molecule has 0 spiro atoms. The van der Waals surface area contributed by atoms with Gasteiger partial charge in [0.15, 0.2) is 9.84 Å². The van der Waals surface area contributed by atoms with Crippen molar-refractivity contribution in [2.24, 2.45) is 0 Å². The number of sulfone groups is 1. The highest BCUT2D eigenvalue weighted by Gasteiger charge is 2.30. The molecule has 1 unspecified atom stereocenters. The minimum Gasteiger partial charge on any atom is -0.426 e. The first-order valence-electron chi connectivity index (χ1n) is 7.37. The Balaban J connectivity index is 2.03. The molecule has 1 atom stereocenters. The molecule has 0 N–H and O–H groups in total. The molecular formula is C17H14ClF3O4S. The number of hydrogen-bond donors (Lipinski definition) is 0. The molecule has 0 fully saturated rings. The van der Waals surface area contributed by atoms with Crippen molar-refractivity contribution in [1.82, 2.24) is 0 Å². The van der Waals surface area contributed by atoms with E-state index >= 15 is 0 Å². The molecule has 0 aliphatic carbocycles. The average molecular weight is 407 g/mol. The van der Waals surface area contributed by atoms with Crippen LogP contribution in [0, 0.1) is 0 Å². The number of alkyl halides is 3. The van der Waals surface area contributed by atoms with E-state index in [0.717, 1.165) is 24.3 Å².